The van der Waals surface area contributed by atoms with Gasteiger partial charge in [-0.3, -0.25) is 4.79 Å². The quantitative estimate of drug-likeness (QED) is 0.697. The lowest BCUT2D eigenvalue weighted by Crippen LogP contribution is -2.12. The second-order valence-electron chi connectivity index (χ2n) is 4.51. The summed E-state index contributed by atoms with van der Waals surface area (Å²) in [7, 11) is 0. The molecule has 0 fully saturated rings. The van der Waals surface area contributed by atoms with Gasteiger partial charge in [0.1, 0.15) is 11.5 Å². The van der Waals surface area contributed by atoms with Crippen molar-refractivity contribution in [1.29, 1.82) is 0 Å². The summed E-state index contributed by atoms with van der Waals surface area (Å²) in [6.45, 7) is 0. The molecule has 1 aromatic heterocycles. The molecule has 0 radical (unpaired) electrons. The summed E-state index contributed by atoms with van der Waals surface area (Å²) in [5.74, 6) is -0.00965. The van der Waals surface area contributed by atoms with E-state index in [-0.39, 0.29) is 17.0 Å². The van der Waals surface area contributed by atoms with Crippen molar-refractivity contribution in [1.82, 2.24) is 9.97 Å². The van der Waals surface area contributed by atoms with Crippen LogP contribution in [0.1, 0.15) is 11.3 Å². The molecule has 3 aromatic rings. The number of para-hydroxylation sites is 2. The normalized spacial score (nSPS) is 11.8. The van der Waals surface area contributed by atoms with Crippen molar-refractivity contribution >= 4 is 38.8 Å². The van der Waals surface area contributed by atoms with Crippen molar-refractivity contribution in [3.8, 4) is 0 Å². The number of benzene rings is 2. The molecule has 4 nitrogen and oxygen atoms in total. The molecule has 1 heterocycles. The summed E-state index contributed by atoms with van der Waals surface area (Å²) in [4.78, 5) is 19.0. The standard InChI is InChI=1S/C16H11BrN2O2/c17-11-5-3-4-10(8-11)15(20)9-14-16(21)19-13-7-2-1-6-12(13)18-14/h1-9,20H,(H,19,21)/b15-9-. The lowest BCUT2D eigenvalue weighted by Gasteiger charge is -2.02. The first-order valence-electron chi connectivity index (χ1n) is 6.29. The molecule has 0 aliphatic heterocycles. The molecule has 0 amide bonds. The van der Waals surface area contributed by atoms with E-state index in [1.165, 1.54) is 6.08 Å². The molecule has 0 spiro atoms. The molecule has 0 bridgehead atoms. The van der Waals surface area contributed by atoms with Gasteiger partial charge in [0.2, 0.25) is 0 Å². The molecule has 0 aliphatic rings. The maximum absolute atomic E-state index is 12.0. The van der Waals surface area contributed by atoms with Crippen molar-refractivity contribution in [2.45, 2.75) is 0 Å². The average Bonchev–Trinajstić information content (AvgIpc) is 2.48. The van der Waals surface area contributed by atoms with Crippen LogP contribution in [-0.4, -0.2) is 15.1 Å². The van der Waals surface area contributed by atoms with Crippen molar-refractivity contribution in [3.05, 3.63) is 74.6 Å². The number of aromatic nitrogens is 2. The van der Waals surface area contributed by atoms with Gasteiger partial charge in [-0.25, -0.2) is 4.98 Å². The maximum Gasteiger partial charge on any atom is 0.274 e. The van der Waals surface area contributed by atoms with Crippen molar-refractivity contribution < 1.29 is 5.11 Å². The SMILES string of the molecule is O=c1[nH]c2ccccc2nc1/C=C(\O)c1cccc(Br)c1. The van der Waals surface area contributed by atoms with E-state index in [0.717, 1.165) is 4.47 Å². The van der Waals surface area contributed by atoms with Crippen LogP contribution in [0.4, 0.5) is 0 Å². The highest BCUT2D eigenvalue weighted by Crippen LogP contribution is 2.18. The van der Waals surface area contributed by atoms with E-state index < -0.39 is 0 Å². The van der Waals surface area contributed by atoms with Gasteiger partial charge >= 0.3 is 0 Å². The summed E-state index contributed by atoms with van der Waals surface area (Å²) in [5.41, 5.74) is 1.78. The molecule has 0 atom stereocenters. The second-order valence-corrected chi connectivity index (χ2v) is 5.42. The molecule has 0 saturated carbocycles. The zero-order valence-electron chi connectivity index (χ0n) is 10.9. The van der Waals surface area contributed by atoms with Gasteiger partial charge < -0.3 is 10.1 Å². The second kappa shape index (κ2) is 5.54. The van der Waals surface area contributed by atoms with E-state index in [9.17, 15) is 9.90 Å². The Kier molecular flexibility index (Phi) is 3.58. The fourth-order valence-corrected chi connectivity index (χ4v) is 2.40. The third-order valence-corrected chi connectivity index (χ3v) is 3.51. The Morgan fingerprint density at radius 1 is 1.19 bits per heavy atom. The Labute approximate surface area is 128 Å². The number of halogens is 1. The highest BCUT2D eigenvalue weighted by atomic mass is 79.9. The van der Waals surface area contributed by atoms with Crippen LogP contribution in [0.25, 0.3) is 22.9 Å². The van der Waals surface area contributed by atoms with Crippen LogP contribution in [0, 0.1) is 0 Å². The summed E-state index contributed by atoms with van der Waals surface area (Å²) in [6, 6.07) is 14.4. The minimum absolute atomic E-state index is 0.00965. The van der Waals surface area contributed by atoms with Gasteiger partial charge in [-0.2, -0.15) is 0 Å². The van der Waals surface area contributed by atoms with Crippen LogP contribution in [0.5, 0.6) is 0 Å². The molecule has 3 rings (SSSR count). The Bertz CT molecular complexity index is 900. The smallest absolute Gasteiger partial charge is 0.274 e. The fraction of sp³-hybridized carbons (Fsp3) is 0. The monoisotopic (exact) mass is 342 g/mol. The Morgan fingerprint density at radius 2 is 2.00 bits per heavy atom. The third kappa shape index (κ3) is 2.87. The number of hydrogen-bond acceptors (Lipinski definition) is 3. The number of nitrogens with zero attached hydrogens (tertiary/aromatic N) is 1. The molecule has 0 saturated heterocycles. The number of aromatic amines is 1. The summed E-state index contributed by atoms with van der Waals surface area (Å²) in [5, 5.41) is 10.1. The molecule has 104 valence electrons. The van der Waals surface area contributed by atoms with Gasteiger partial charge in [0, 0.05) is 16.1 Å². The van der Waals surface area contributed by atoms with E-state index in [2.05, 4.69) is 25.9 Å². The topological polar surface area (TPSA) is 66.0 Å². The van der Waals surface area contributed by atoms with Crippen LogP contribution in [-0.2, 0) is 0 Å². The van der Waals surface area contributed by atoms with Crippen molar-refractivity contribution in [2.75, 3.05) is 0 Å². The largest absolute Gasteiger partial charge is 0.507 e. The van der Waals surface area contributed by atoms with Gasteiger partial charge in [0.25, 0.3) is 5.56 Å². The molecule has 2 N–H and O–H groups in total. The van der Waals surface area contributed by atoms with Gasteiger partial charge in [-0.1, -0.05) is 40.2 Å². The predicted molar refractivity (Wildman–Crippen MR) is 87.0 cm³/mol. The molecule has 2 aromatic carbocycles. The first kappa shape index (κ1) is 13.6. The predicted octanol–water partition coefficient (Wildman–Crippen LogP) is 3.74. The highest BCUT2D eigenvalue weighted by Gasteiger charge is 2.05. The summed E-state index contributed by atoms with van der Waals surface area (Å²) >= 11 is 3.34. The molecular formula is C16H11BrN2O2. The molecular weight excluding hydrogens is 332 g/mol. The molecule has 5 heteroatoms. The first-order valence-corrected chi connectivity index (χ1v) is 7.08. The van der Waals surface area contributed by atoms with Crippen LogP contribution in [0.15, 0.2) is 57.8 Å². The number of aliphatic hydroxyl groups excluding tert-OH is 1. The number of rotatable bonds is 2. The number of aliphatic hydroxyl groups is 1. The number of H-pyrrole nitrogens is 1. The first-order chi connectivity index (χ1) is 10.1. The van der Waals surface area contributed by atoms with Crippen LogP contribution in [0.3, 0.4) is 0 Å². The fourth-order valence-electron chi connectivity index (χ4n) is 2.00. The van der Waals surface area contributed by atoms with E-state index >= 15 is 0 Å². The van der Waals surface area contributed by atoms with E-state index in [4.69, 9.17) is 0 Å². The number of fused-ring (bicyclic) bond motifs is 1. The third-order valence-electron chi connectivity index (χ3n) is 3.02. The van der Waals surface area contributed by atoms with E-state index in [0.29, 0.717) is 16.6 Å². The lowest BCUT2D eigenvalue weighted by molar-refractivity contribution is 0.515. The van der Waals surface area contributed by atoms with Gasteiger partial charge in [-0.15, -0.1) is 0 Å². The zero-order valence-corrected chi connectivity index (χ0v) is 12.5. The molecule has 0 aliphatic carbocycles. The van der Waals surface area contributed by atoms with Gasteiger partial charge in [0.05, 0.1) is 11.0 Å². The Hall–Kier alpha value is -2.40. The van der Waals surface area contributed by atoms with Crippen LogP contribution < -0.4 is 5.56 Å². The minimum Gasteiger partial charge on any atom is -0.507 e. The van der Waals surface area contributed by atoms with Crippen LogP contribution >= 0.6 is 15.9 Å². The average molecular weight is 343 g/mol. The van der Waals surface area contributed by atoms with Crippen LogP contribution in [0.2, 0.25) is 0 Å². The van der Waals surface area contributed by atoms with E-state index in [1.807, 2.05) is 24.3 Å². The molecule has 21 heavy (non-hydrogen) atoms. The summed E-state index contributed by atoms with van der Waals surface area (Å²) < 4.78 is 0.848. The van der Waals surface area contributed by atoms with Gasteiger partial charge in [-0.05, 0) is 24.3 Å². The minimum atomic E-state index is -0.338. The van der Waals surface area contributed by atoms with Gasteiger partial charge in [0.15, 0.2) is 0 Å². The Balaban J connectivity index is 2.10. The zero-order chi connectivity index (χ0) is 14.8. The van der Waals surface area contributed by atoms with Crippen molar-refractivity contribution in [2.24, 2.45) is 0 Å². The van der Waals surface area contributed by atoms with Crippen molar-refractivity contribution in [3.63, 3.8) is 0 Å². The highest BCUT2D eigenvalue weighted by molar-refractivity contribution is 9.10. The summed E-state index contributed by atoms with van der Waals surface area (Å²) in [6.07, 6.45) is 1.37. The molecule has 0 unspecified atom stereocenters. The Morgan fingerprint density at radius 3 is 2.81 bits per heavy atom. The number of nitrogens with one attached hydrogen (secondary N) is 1. The lowest BCUT2D eigenvalue weighted by atomic mass is 10.1. The van der Waals surface area contributed by atoms with E-state index in [1.54, 1.807) is 24.3 Å². The number of hydrogen-bond donors (Lipinski definition) is 2. The maximum atomic E-state index is 12.0.